The van der Waals surface area contributed by atoms with Gasteiger partial charge in [0.25, 0.3) is 0 Å². The smallest absolute Gasteiger partial charge is 0.118 e. The third-order valence-corrected chi connectivity index (χ3v) is 4.67. The molecule has 1 fully saturated rings. The third kappa shape index (κ3) is 3.13. The predicted molar refractivity (Wildman–Crippen MR) is 89.0 cm³/mol. The summed E-state index contributed by atoms with van der Waals surface area (Å²) in [6.45, 7) is 2.35. The highest BCUT2D eigenvalue weighted by atomic mass is 16.5. The number of rotatable bonds is 4. The highest BCUT2D eigenvalue weighted by molar-refractivity contribution is 5.38. The van der Waals surface area contributed by atoms with Gasteiger partial charge < -0.3 is 14.4 Å². The lowest BCUT2D eigenvalue weighted by atomic mass is 9.89. The van der Waals surface area contributed by atoms with Crippen molar-refractivity contribution in [1.29, 1.82) is 0 Å². The van der Waals surface area contributed by atoms with E-state index >= 15 is 0 Å². The maximum Gasteiger partial charge on any atom is 0.118 e. The van der Waals surface area contributed by atoms with Crippen LogP contribution in [0.5, 0.6) is 5.75 Å². The topological polar surface area (TPSA) is 21.7 Å². The van der Waals surface area contributed by atoms with Crippen LogP contribution in [0.2, 0.25) is 0 Å². The normalized spacial score (nSPS) is 21.9. The fraction of sp³-hybridized carbons (Fsp3) is 0.474. The molecule has 2 aliphatic rings. The second kappa shape index (κ2) is 6.91. The monoisotopic (exact) mass is 299 g/mol. The summed E-state index contributed by atoms with van der Waals surface area (Å²) in [5.41, 5.74) is 2.61. The lowest BCUT2D eigenvalue weighted by molar-refractivity contribution is 0.249. The standard InChI is InChI=1S/C19H25NO2/c1-21-17-9-6-15(7-10-17)18-11-8-16(14-19(18)22-2)20-12-4-3-5-13-20/h6-10,14,18H,3-5,11-13H2,1-2H3. The Hall–Kier alpha value is -1.90. The molecule has 118 valence electrons. The molecule has 3 nitrogen and oxygen atoms in total. The van der Waals surface area contributed by atoms with Crippen molar-refractivity contribution in [2.75, 3.05) is 27.3 Å². The lowest BCUT2D eigenvalue weighted by Crippen LogP contribution is -2.29. The minimum Gasteiger partial charge on any atom is -0.500 e. The zero-order valence-corrected chi connectivity index (χ0v) is 13.5. The number of ether oxygens (including phenoxy) is 2. The molecule has 0 bridgehead atoms. The van der Waals surface area contributed by atoms with Crippen molar-refractivity contribution >= 4 is 0 Å². The lowest BCUT2D eigenvalue weighted by Gasteiger charge is -2.33. The molecule has 0 aromatic heterocycles. The summed E-state index contributed by atoms with van der Waals surface area (Å²) in [6.07, 6.45) is 9.55. The van der Waals surface area contributed by atoms with Gasteiger partial charge in [-0.1, -0.05) is 18.2 Å². The second-order valence-corrected chi connectivity index (χ2v) is 5.99. The Labute approximate surface area is 133 Å². The zero-order chi connectivity index (χ0) is 15.4. The number of benzene rings is 1. The minimum absolute atomic E-state index is 0.310. The molecule has 3 rings (SSSR count). The number of hydrogen-bond acceptors (Lipinski definition) is 3. The molecular weight excluding hydrogens is 274 g/mol. The van der Waals surface area contributed by atoms with Gasteiger partial charge in [0.2, 0.25) is 0 Å². The molecule has 0 amide bonds. The van der Waals surface area contributed by atoms with Gasteiger partial charge in [0.05, 0.1) is 14.2 Å². The minimum atomic E-state index is 0.310. The number of piperidine rings is 1. The van der Waals surface area contributed by atoms with E-state index in [9.17, 15) is 0 Å². The number of likely N-dealkylation sites (tertiary alicyclic amines) is 1. The van der Waals surface area contributed by atoms with Gasteiger partial charge in [-0.25, -0.2) is 0 Å². The van der Waals surface area contributed by atoms with Gasteiger partial charge in [0.15, 0.2) is 0 Å². The van der Waals surface area contributed by atoms with Crippen LogP contribution in [-0.4, -0.2) is 32.2 Å². The van der Waals surface area contributed by atoms with Gasteiger partial charge in [-0.2, -0.15) is 0 Å². The molecule has 1 saturated heterocycles. The quantitative estimate of drug-likeness (QED) is 0.836. The average molecular weight is 299 g/mol. The van der Waals surface area contributed by atoms with E-state index in [-0.39, 0.29) is 0 Å². The Balaban J connectivity index is 1.77. The number of methoxy groups -OCH3 is 2. The van der Waals surface area contributed by atoms with E-state index in [4.69, 9.17) is 9.47 Å². The average Bonchev–Trinajstić information content (AvgIpc) is 2.62. The first-order chi connectivity index (χ1) is 10.8. The van der Waals surface area contributed by atoms with Crippen LogP contribution in [-0.2, 0) is 4.74 Å². The molecule has 0 saturated carbocycles. The summed E-state index contributed by atoms with van der Waals surface area (Å²) in [4.78, 5) is 2.49. The van der Waals surface area contributed by atoms with E-state index in [1.165, 1.54) is 43.6 Å². The number of allylic oxidation sites excluding steroid dienone is 3. The van der Waals surface area contributed by atoms with Crippen LogP contribution in [0.25, 0.3) is 0 Å². The maximum absolute atomic E-state index is 5.70. The molecule has 0 spiro atoms. The SMILES string of the molecule is COC1=CC(N2CCCCC2)=CCC1c1ccc(OC)cc1. The van der Waals surface area contributed by atoms with Crippen molar-refractivity contribution in [1.82, 2.24) is 4.90 Å². The van der Waals surface area contributed by atoms with Crippen molar-refractivity contribution in [2.45, 2.75) is 31.6 Å². The summed E-state index contributed by atoms with van der Waals surface area (Å²) in [5, 5.41) is 0. The van der Waals surface area contributed by atoms with E-state index in [0.29, 0.717) is 5.92 Å². The molecule has 22 heavy (non-hydrogen) atoms. The van der Waals surface area contributed by atoms with E-state index < -0.39 is 0 Å². The van der Waals surface area contributed by atoms with Crippen LogP contribution in [0, 0.1) is 0 Å². The highest BCUT2D eigenvalue weighted by Crippen LogP contribution is 2.35. The van der Waals surface area contributed by atoms with Gasteiger partial charge in [-0.05, 0) is 49.5 Å². The van der Waals surface area contributed by atoms with Gasteiger partial charge in [-0.15, -0.1) is 0 Å². The largest absolute Gasteiger partial charge is 0.500 e. The second-order valence-electron chi connectivity index (χ2n) is 5.99. The molecule has 0 N–H and O–H groups in total. The van der Waals surface area contributed by atoms with Crippen molar-refractivity contribution in [3.05, 3.63) is 53.4 Å². The fourth-order valence-corrected chi connectivity index (χ4v) is 3.37. The highest BCUT2D eigenvalue weighted by Gasteiger charge is 2.23. The third-order valence-electron chi connectivity index (χ3n) is 4.67. The first kappa shape index (κ1) is 15.0. The molecular formula is C19H25NO2. The maximum atomic E-state index is 5.70. The molecule has 1 aliphatic carbocycles. The Morgan fingerprint density at radius 3 is 2.32 bits per heavy atom. The van der Waals surface area contributed by atoms with E-state index in [0.717, 1.165) is 17.9 Å². The summed E-state index contributed by atoms with van der Waals surface area (Å²) in [7, 11) is 3.48. The van der Waals surface area contributed by atoms with Crippen molar-refractivity contribution in [3.8, 4) is 5.75 Å². The molecule has 0 radical (unpaired) electrons. The zero-order valence-electron chi connectivity index (χ0n) is 13.5. The Morgan fingerprint density at radius 1 is 0.955 bits per heavy atom. The van der Waals surface area contributed by atoms with E-state index in [1.807, 2.05) is 12.1 Å². The summed E-state index contributed by atoms with van der Waals surface area (Å²) >= 11 is 0. The molecule has 3 heteroatoms. The van der Waals surface area contributed by atoms with Crippen LogP contribution in [0.4, 0.5) is 0 Å². The fourth-order valence-electron chi connectivity index (χ4n) is 3.37. The Bertz CT molecular complexity index is 553. The predicted octanol–water partition coefficient (Wildman–Crippen LogP) is 4.08. The van der Waals surface area contributed by atoms with Gasteiger partial charge >= 0.3 is 0 Å². The van der Waals surface area contributed by atoms with E-state index in [2.05, 4.69) is 29.2 Å². The Kier molecular flexibility index (Phi) is 4.71. The van der Waals surface area contributed by atoms with Crippen LogP contribution in [0.15, 0.2) is 47.9 Å². The first-order valence-electron chi connectivity index (χ1n) is 8.16. The summed E-state index contributed by atoms with van der Waals surface area (Å²) in [6, 6.07) is 8.31. The summed E-state index contributed by atoms with van der Waals surface area (Å²) < 4.78 is 10.9. The van der Waals surface area contributed by atoms with Crippen LogP contribution >= 0.6 is 0 Å². The van der Waals surface area contributed by atoms with Crippen molar-refractivity contribution in [2.24, 2.45) is 0 Å². The summed E-state index contributed by atoms with van der Waals surface area (Å²) in [5.74, 6) is 2.27. The van der Waals surface area contributed by atoms with Crippen LogP contribution in [0.1, 0.15) is 37.2 Å². The molecule has 1 unspecified atom stereocenters. The van der Waals surface area contributed by atoms with Crippen molar-refractivity contribution in [3.63, 3.8) is 0 Å². The molecule has 1 atom stereocenters. The molecule has 1 heterocycles. The van der Waals surface area contributed by atoms with Gasteiger partial charge in [0, 0.05) is 24.7 Å². The van der Waals surface area contributed by atoms with Crippen molar-refractivity contribution < 1.29 is 9.47 Å². The van der Waals surface area contributed by atoms with Crippen LogP contribution in [0.3, 0.4) is 0 Å². The van der Waals surface area contributed by atoms with Gasteiger partial charge in [-0.3, -0.25) is 0 Å². The van der Waals surface area contributed by atoms with Crippen LogP contribution < -0.4 is 4.74 Å². The van der Waals surface area contributed by atoms with E-state index in [1.54, 1.807) is 14.2 Å². The number of hydrogen-bond donors (Lipinski definition) is 0. The molecule has 1 aliphatic heterocycles. The Morgan fingerprint density at radius 2 is 1.68 bits per heavy atom. The molecule has 1 aromatic carbocycles. The number of nitrogens with zero attached hydrogens (tertiary/aromatic N) is 1. The molecule has 1 aromatic rings. The first-order valence-corrected chi connectivity index (χ1v) is 8.16. The van der Waals surface area contributed by atoms with Gasteiger partial charge in [0.1, 0.15) is 11.5 Å².